The van der Waals surface area contributed by atoms with E-state index in [1.807, 2.05) is 62.4 Å². The van der Waals surface area contributed by atoms with Gasteiger partial charge in [-0.15, -0.1) is 0 Å². The zero-order valence-electron chi connectivity index (χ0n) is 20.3. The lowest BCUT2D eigenvalue weighted by molar-refractivity contribution is -0.126. The van der Waals surface area contributed by atoms with E-state index in [4.69, 9.17) is 4.84 Å². The van der Waals surface area contributed by atoms with Crippen LogP contribution < -0.4 is 9.96 Å². The number of rotatable bonds is 3. The molecule has 5 heteroatoms. The first kappa shape index (κ1) is 22.4. The molecule has 174 valence electrons. The molecule has 2 amide bonds. The van der Waals surface area contributed by atoms with Gasteiger partial charge in [-0.3, -0.25) is 14.4 Å². The number of aryl methyl sites for hydroxylation is 2. The van der Waals surface area contributed by atoms with Crippen LogP contribution in [0.1, 0.15) is 49.1 Å². The van der Waals surface area contributed by atoms with Crippen LogP contribution in [0.4, 0.5) is 11.4 Å². The molecular formula is C29H30N2O3. The highest BCUT2D eigenvalue weighted by Crippen LogP contribution is 2.48. The number of anilines is 2. The molecule has 2 fully saturated rings. The predicted molar refractivity (Wildman–Crippen MR) is 134 cm³/mol. The van der Waals surface area contributed by atoms with Crippen molar-refractivity contribution in [1.29, 1.82) is 0 Å². The minimum atomic E-state index is -0.860. The summed E-state index contributed by atoms with van der Waals surface area (Å²) in [5.74, 6) is -1.16. The molecule has 3 atom stereocenters. The number of hydroxylamine groups is 1. The maximum atomic E-state index is 13.8. The fraction of sp³-hybridized carbons (Fsp3) is 0.310. The molecule has 0 bridgehead atoms. The monoisotopic (exact) mass is 454 g/mol. The molecule has 0 aromatic heterocycles. The lowest BCUT2D eigenvalue weighted by atomic mass is 9.84. The number of hydrogen-bond donors (Lipinski definition) is 0. The minimum Gasteiger partial charge on any atom is -0.273 e. The van der Waals surface area contributed by atoms with Crippen molar-refractivity contribution in [1.82, 2.24) is 0 Å². The molecule has 2 aliphatic rings. The number of carbonyl (C=O) groups excluding carboxylic acids is 2. The van der Waals surface area contributed by atoms with Crippen molar-refractivity contribution < 1.29 is 14.4 Å². The number of nitrogens with zero attached hydrogens (tertiary/aromatic N) is 2. The molecule has 3 aromatic rings. The first-order chi connectivity index (χ1) is 16.2. The predicted octanol–water partition coefficient (Wildman–Crippen LogP) is 5.65. The summed E-state index contributed by atoms with van der Waals surface area (Å²) in [5, 5.41) is 1.75. The van der Waals surface area contributed by atoms with Crippen molar-refractivity contribution >= 4 is 23.2 Å². The van der Waals surface area contributed by atoms with Gasteiger partial charge in [0.2, 0.25) is 5.91 Å². The second-order valence-electron chi connectivity index (χ2n) is 10.3. The smallest absolute Gasteiger partial charge is 0.266 e. The van der Waals surface area contributed by atoms with Crippen LogP contribution in [0, 0.1) is 19.8 Å². The lowest BCUT2D eigenvalue weighted by Gasteiger charge is -2.29. The van der Waals surface area contributed by atoms with Gasteiger partial charge in [0.25, 0.3) is 5.91 Å². The Morgan fingerprint density at radius 2 is 1.50 bits per heavy atom. The zero-order valence-corrected chi connectivity index (χ0v) is 20.3. The SMILES string of the molecule is Cc1ccc(N2C(=O)[C@@H]3[C@@H](ON(c4ccccc4)[C@H]3c3ccc(C(C)(C)C)cc3)C2=O)c(C)c1. The van der Waals surface area contributed by atoms with Gasteiger partial charge in [-0.1, -0.05) is 80.9 Å². The van der Waals surface area contributed by atoms with E-state index < -0.39 is 18.1 Å². The summed E-state index contributed by atoms with van der Waals surface area (Å²) in [6, 6.07) is 23.4. The molecule has 0 aliphatic carbocycles. The van der Waals surface area contributed by atoms with Crippen molar-refractivity contribution in [2.75, 3.05) is 9.96 Å². The van der Waals surface area contributed by atoms with Crippen LogP contribution >= 0.6 is 0 Å². The molecule has 3 aromatic carbocycles. The van der Waals surface area contributed by atoms with Gasteiger partial charge in [0.15, 0.2) is 6.10 Å². The van der Waals surface area contributed by atoms with Crippen molar-refractivity contribution in [3.8, 4) is 0 Å². The van der Waals surface area contributed by atoms with Crippen LogP contribution in [-0.2, 0) is 19.8 Å². The Balaban J connectivity index is 1.58. The first-order valence-electron chi connectivity index (χ1n) is 11.7. The normalized spacial score (nSPS) is 22.4. The van der Waals surface area contributed by atoms with Crippen LogP contribution in [0.2, 0.25) is 0 Å². The maximum Gasteiger partial charge on any atom is 0.266 e. The van der Waals surface area contributed by atoms with Gasteiger partial charge in [0, 0.05) is 0 Å². The van der Waals surface area contributed by atoms with Gasteiger partial charge in [-0.25, -0.2) is 9.96 Å². The number of hydrogen-bond acceptors (Lipinski definition) is 4. The van der Waals surface area contributed by atoms with E-state index in [-0.39, 0.29) is 17.2 Å². The van der Waals surface area contributed by atoms with E-state index in [1.54, 1.807) is 5.06 Å². The molecule has 5 rings (SSSR count). The first-order valence-corrected chi connectivity index (χ1v) is 11.7. The van der Waals surface area contributed by atoms with Gasteiger partial charge < -0.3 is 0 Å². The van der Waals surface area contributed by atoms with Crippen LogP contribution in [-0.4, -0.2) is 17.9 Å². The van der Waals surface area contributed by atoms with Crippen molar-refractivity contribution in [3.63, 3.8) is 0 Å². The molecule has 0 spiro atoms. The summed E-state index contributed by atoms with van der Waals surface area (Å²) in [6.07, 6.45) is -0.860. The molecule has 0 radical (unpaired) electrons. The van der Waals surface area contributed by atoms with Crippen LogP contribution in [0.5, 0.6) is 0 Å². The van der Waals surface area contributed by atoms with Crippen LogP contribution in [0.3, 0.4) is 0 Å². The molecule has 0 saturated carbocycles. The second kappa shape index (κ2) is 8.10. The Morgan fingerprint density at radius 3 is 2.12 bits per heavy atom. The average molecular weight is 455 g/mol. The summed E-state index contributed by atoms with van der Waals surface area (Å²) >= 11 is 0. The van der Waals surface area contributed by atoms with Gasteiger partial charge in [-0.2, -0.15) is 0 Å². The standard InChI is InChI=1S/C29H30N2O3/c1-18-11-16-23(19(2)17-18)30-27(32)24-25(20-12-14-21(15-13-20)29(3,4)5)31(34-26(24)28(30)33)22-9-7-6-8-10-22/h6-17,24-26H,1-5H3/t24-,25-,26+/m0/s1. The number of fused-ring (bicyclic) bond motifs is 1. The molecule has 2 heterocycles. The van der Waals surface area contributed by atoms with Gasteiger partial charge >= 0.3 is 0 Å². The molecule has 5 nitrogen and oxygen atoms in total. The molecule has 2 saturated heterocycles. The third kappa shape index (κ3) is 3.61. The Hall–Kier alpha value is -3.44. The van der Waals surface area contributed by atoms with Crippen molar-refractivity contribution in [2.24, 2.45) is 5.92 Å². The number of benzene rings is 3. The minimum absolute atomic E-state index is 0.0191. The highest BCUT2D eigenvalue weighted by atomic mass is 16.7. The van der Waals surface area contributed by atoms with E-state index in [2.05, 4.69) is 45.0 Å². The highest BCUT2D eigenvalue weighted by molar-refractivity contribution is 6.24. The number of amides is 2. The summed E-state index contributed by atoms with van der Waals surface area (Å²) in [4.78, 5) is 34.9. The Bertz CT molecular complexity index is 1240. The van der Waals surface area contributed by atoms with E-state index in [0.29, 0.717) is 5.69 Å². The van der Waals surface area contributed by atoms with E-state index in [1.165, 1.54) is 10.5 Å². The van der Waals surface area contributed by atoms with Crippen molar-refractivity contribution in [2.45, 2.75) is 52.2 Å². The fourth-order valence-corrected chi connectivity index (χ4v) is 5.03. The Kier molecular flexibility index (Phi) is 5.33. The summed E-state index contributed by atoms with van der Waals surface area (Å²) < 4.78 is 0. The van der Waals surface area contributed by atoms with E-state index >= 15 is 0 Å². The third-order valence-electron chi connectivity index (χ3n) is 6.84. The third-order valence-corrected chi connectivity index (χ3v) is 6.84. The number of para-hydroxylation sites is 1. The summed E-state index contributed by atoms with van der Waals surface area (Å²) in [6.45, 7) is 10.4. The van der Waals surface area contributed by atoms with E-state index in [0.717, 1.165) is 22.4 Å². The largest absolute Gasteiger partial charge is 0.273 e. The maximum absolute atomic E-state index is 13.8. The Labute approximate surface area is 200 Å². The van der Waals surface area contributed by atoms with Crippen LogP contribution in [0.25, 0.3) is 0 Å². The Morgan fingerprint density at radius 1 is 0.824 bits per heavy atom. The lowest BCUT2D eigenvalue weighted by Crippen LogP contribution is -2.37. The van der Waals surface area contributed by atoms with E-state index in [9.17, 15) is 9.59 Å². The van der Waals surface area contributed by atoms with Gasteiger partial charge in [-0.05, 0) is 54.2 Å². The van der Waals surface area contributed by atoms with Gasteiger partial charge in [0.1, 0.15) is 5.92 Å². The molecular weight excluding hydrogens is 424 g/mol. The molecule has 34 heavy (non-hydrogen) atoms. The molecule has 0 unspecified atom stereocenters. The van der Waals surface area contributed by atoms with Crippen molar-refractivity contribution in [3.05, 3.63) is 95.1 Å². The quantitative estimate of drug-likeness (QED) is 0.480. The zero-order chi connectivity index (χ0) is 24.2. The average Bonchev–Trinajstić information content (AvgIpc) is 3.31. The number of carbonyl (C=O) groups is 2. The van der Waals surface area contributed by atoms with Gasteiger partial charge in [0.05, 0.1) is 17.4 Å². The number of imide groups is 1. The summed E-state index contributed by atoms with van der Waals surface area (Å²) in [7, 11) is 0. The topological polar surface area (TPSA) is 49.9 Å². The second-order valence-corrected chi connectivity index (χ2v) is 10.3. The van der Waals surface area contributed by atoms with Crippen LogP contribution in [0.15, 0.2) is 72.8 Å². The fourth-order valence-electron chi connectivity index (χ4n) is 5.03. The molecule has 2 aliphatic heterocycles. The highest BCUT2D eigenvalue weighted by Gasteiger charge is 2.60. The summed E-state index contributed by atoms with van der Waals surface area (Å²) in [5.41, 5.74) is 5.62. The molecule has 0 N–H and O–H groups in total.